The van der Waals surface area contributed by atoms with Crippen molar-refractivity contribution in [1.29, 1.82) is 0 Å². The van der Waals surface area contributed by atoms with Crippen molar-refractivity contribution in [2.75, 3.05) is 32.2 Å². The minimum atomic E-state index is 0.124. The molecule has 2 aromatic carbocycles. The Kier molecular flexibility index (Phi) is 4.51. The van der Waals surface area contributed by atoms with Gasteiger partial charge >= 0.3 is 0 Å². The van der Waals surface area contributed by atoms with Gasteiger partial charge in [-0.3, -0.25) is 4.79 Å². The summed E-state index contributed by atoms with van der Waals surface area (Å²) in [5, 5.41) is 0. The van der Waals surface area contributed by atoms with Gasteiger partial charge in [-0.1, -0.05) is 12.1 Å². The highest BCUT2D eigenvalue weighted by Gasteiger charge is 2.14. The molecule has 1 heterocycles. The molecule has 0 N–H and O–H groups in total. The number of hydrogen-bond donors (Lipinski definition) is 0. The summed E-state index contributed by atoms with van der Waals surface area (Å²) in [5.74, 6) is 1.50. The van der Waals surface area contributed by atoms with Gasteiger partial charge in [0.15, 0.2) is 17.3 Å². The largest absolute Gasteiger partial charge is 0.486 e. The van der Waals surface area contributed by atoms with Gasteiger partial charge in [0.05, 0.1) is 0 Å². The summed E-state index contributed by atoms with van der Waals surface area (Å²) in [7, 11) is 4.03. The normalized spacial score (nSPS) is 12.8. The maximum atomic E-state index is 12.4. The van der Waals surface area contributed by atoms with Crippen molar-refractivity contribution in [3.63, 3.8) is 0 Å². The van der Waals surface area contributed by atoms with E-state index in [1.165, 1.54) is 5.56 Å². The van der Waals surface area contributed by atoms with E-state index in [0.717, 1.165) is 12.1 Å². The SMILES string of the molecule is CN(C)c1ccc(CCC(=O)c2ccc3c(c2)OCCO3)cc1. The molecule has 0 aliphatic carbocycles. The Bertz CT molecular complexity index is 692. The van der Waals surface area contributed by atoms with E-state index < -0.39 is 0 Å². The fourth-order valence-corrected chi connectivity index (χ4v) is 2.58. The molecule has 4 heteroatoms. The van der Waals surface area contributed by atoms with Crippen LogP contribution in [0.2, 0.25) is 0 Å². The molecule has 0 fully saturated rings. The molecule has 0 saturated heterocycles. The highest BCUT2D eigenvalue weighted by atomic mass is 16.6. The van der Waals surface area contributed by atoms with Crippen LogP contribution >= 0.6 is 0 Å². The predicted octanol–water partition coefficient (Wildman–Crippen LogP) is 3.34. The van der Waals surface area contributed by atoms with E-state index in [4.69, 9.17) is 9.47 Å². The highest BCUT2D eigenvalue weighted by molar-refractivity contribution is 5.96. The Hall–Kier alpha value is -2.49. The first-order chi connectivity index (χ1) is 11.1. The van der Waals surface area contributed by atoms with Crippen LogP contribution < -0.4 is 14.4 Å². The lowest BCUT2D eigenvalue weighted by Gasteiger charge is -2.18. The lowest BCUT2D eigenvalue weighted by Crippen LogP contribution is -2.15. The molecule has 23 heavy (non-hydrogen) atoms. The average molecular weight is 311 g/mol. The van der Waals surface area contributed by atoms with Crippen molar-refractivity contribution < 1.29 is 14.3 Å². The van der Waals surface area contributed by atoms with Crippen LogP contribution in [0.25, 0.3) is 0 Å². The zero-order valence-corrected chi connectivity index (χ0v) is 13.5. The molecule has 0 spiro atoms. The van der Waals surface area contributed by atoms with Crippen LogP contribution in [0.5, 0.6) is 11.5 Å². The second-order valence-electron chi connectivity index (χ2n) is 5.84. The minimum Gasteiger partial charge on any atom is -0.486 e. The number of nitrogens with zero attached hydrogens (tertiary/aromatic N) is 1. The third-order valence-electron chi connectivity index (χ3n) is 3.96. The monoisotopic (exact) mass is 311 g/mol. The molecule has 120 valence electrons. The Labute approximate surface area is 136 Å². The first-order valence-electron chi connectivity index (χ1n) is 7.82. The van der Waals surface area contributed by atoms with Crippen molar-refractivity contribution in [2.45, 2.75) is 12.8 Å². The molecule has 0 saturated carbocycles. The third kappa shape index (κ3) is 3.65. The van der Waals surface area contributed by atoms with Gasteiger partial charge in [-0.05, 0) is 42.3 Å². The number of rotatable bonds is 5. The van der Waals surface area contributed by atoms with Gasteiger partial charge in [0.1, 0.15) is 13.2 Å². The predicted molar refractivity (Wildman–Crippen MR) is 90.9 cm³/mol. The number of anilines is 1. The number of ether oxygens (including phenoxy) is 2. The van der Waals surface area contributed by atoms with Gasteiger partial charge in [0.25, 0.3) is 0 Å². The van der Waals surface area contributed by atoms with Gasteiger partial charge in [-0.15, -0.1) is 0 Å². The first-order valence-corrected chi connectivity index (χ1v) is 7.82. The standard InChI is InChI=1S/C19H21NO3/c1-20(2)16-7-3-14(4-8-16)5-9-17(21)15-6-10-18-19(13-15)23-12-11-22-18/h3-4,6-8,10,13H,5,9,11-12H2,1-2H3. The smallest absolute Gasteiger partial charge is 0.163 e. The Morgan fingerprint density at radius 3 is 2.39 bits per heavy atom. The van der Waals surface area contributed by atoms with Crippen molar-refractivity contribution in [1.82, 2.24) is 0 Å². The maximum absolute atomic E-state index is 12.4. The number of aryl methyl sites for hydroxylation is 1. The van der Waals surface area contributed by atoms with Crippen LogP contribution in [0.15, 0.2) is 42.5 Å². The summed E-state index contributed by atoms with van der Waals surface area (Å²) in [4.78, 5) is 14.4. The van der Waals surface area contributed by atoms with Crippen LogP contribution in [-0.4, -0.2) is 33.1 Å². The first kappa shape index (κ1) is 15.4. The zero-order valence-electron chi connectivity index (χ0n) is 13.5. The highest BCUT2D eigenvalue weighted by Crippen LogP contribution is 2.31. The zero-order chi connectivity index (χ0) is 16.2. The van der Waals surface area contributed by atoms with Crippen molar-refractivity contribution >= 4 is 11.5 Å². The van der Waals surface area contributed by atoms with E-state index in [0.29, 0.717) is 36.7 Å². The summed E-state index contributed by atoms with van der Waals surface area (Å²) in [6.45, 7) is 1.09. The average Bonchev–Trinajstić information content (AvgIpc) is 2.59. The number of Topliss-reactive ketones (excluding diaryl/α,β-unsaturated/α-hetero) is 1. The van der Waals surface area contributed by atoms with Crippen LogP contribution in [0.3, 0.4) is 0 Å². The summed E-state index contributed by atoms with van der Waals surface area (Å²) in [6, 6.07) is 13.7. The van der Waals surface area contributed by atoms with Gasteiger partial charge < -0.3 is 14.4 Å². The van der Waals surface area contributed by atoms with Gasteiger partial charge in [-0.2, -0.15) is 0 Å². The number of carbonyl (C=O) groups excluding carboxylic acids is 1. The van der Waals surface area contributed by atoms with Crippen LogP contribution in [0.4, 0.5) is 5.69 Å². The van der Waals surface area contributed by atoms with Crippen LogP contribution in [0.1, 0.15) is 22.3 Å². The molecule has 3 rings (SSSR count). The van der Waals surface area contributed by atoms with E-state index in [1.807, 2.05) is 26.2 Å². The molecule has 0 bridgehead atoms. The molecule has 0 aromatic heterocycles. The molecule has 0 radical (unpaired) electrons. The van der Waals surface area contributed by atoms with E-state index >= 15 is 0 Å². The summed E-state index contributed by atoms with van der Waals surface area (Å²) < 4.78 is 11.0. The molecule has 0 amide bonds. The quantitative estimate of drug-likeness (QED) is 0.794. The Morgan fingerprint density at radius 2 is 1.70 bits per heavy atom. The number of hydrogen-bond acceptors (Lipinski definition) is 4. The molecule has 0 atom stereocenters. The number of benzene rings is 2. The van der Waals surface area contributed by atoms with E-state index in [1.54, 1.807) is 6.07 Å². The van der Waals surface area contributed by atoms with Crippen molar-refractivity contribution in [2.24, 2.45) is 0 Å². The topological polar surface area (TPSA) is 38.8 Å². The molecule has 4 nitrogen and oxygen atoms in total. The summed E-state index contributed by atoms with van der Waals surface area (Å²) in [5.41, 5.74) is 3.01. The second kappa shape index (κ2) is 6.73. The Balaban J connectivity index is 1.63. The second-order valence-corrected chi connectivity index (χ2v) is 5.84. The van der Waals surface area contributed by atoms with Gasteiger partial charge in [0.2, 0.25) is 0 Å². The van der Waals surface area contributed by atoms with Crippen molar-refractivity contribution in [3.05, 3.63) is 53.6 Å². The number of fused-ring (bicyclic) bond motifs is 1. The van der Waals surface area contributed by atoms with Crippen LogP contribution in [-0.2, 0) is 6.42 Å². The molecule has 1 aliphatic heterocycles. The molecule has 2 aromatic rings. The maximum Gasteiger partial charge on any atom is 0.163 e. The van der Waals surface area contributed by atoms with Gasteiger partial charge in [-0.25, -0.2) is 0 Å². The number of carbonyl (C=O) groups is 1. The molecular weight excluding hydrogens is 290 g/mol. The van der Waals surface area contributed by atoms with Crippen LogP contribution in [0, 0.1) is 0 Å². The lowest BCUT2D eigenvalue weighted by atomic mass is 10.0. The lowest BCUT2D eigenvalue weighted by molar-refractivity contribution is 0.0981. The van der Waals surface area contributed by atoms with Gasteiger partial charge in [0, 0.05) is 31.8 Å². The molecule has 0 unspecified atom stereocenters. The van der Waals surface area contributed by atoms with Crippen molar-refractivity contribution in [3.8, 4) is 11.5 Å². The summed E-state index contributed by atoms with van der Waals surface area (Å²) >= 11 is 0. The fraction of sp³-hybridized carbons (Fsp3) is 0.316. The Morgan fingerprint density at radius 1 is 1.00 bits per heavy atom. The third-order valence-corrected chi connectivity index (χ3v) is 3.96. The summed E-state index contributed by atoms with van der Waals surface area (Å²) in [6.07, 6.45) is 1.22. The van der Waals surface area contributed by atoms with E-state index in [9.17, 15) is 4.79 Å². The van der Waals surface area contributed by atoms with E-state index in [2.05, 4.69) is 29.2 Å². The number of ketones is 1. The fourth-order valence-electron chi connectivity index (χ4n) is 2.58. The molecular formula is C19H21NO3. The van der Waals surface area contributed by atoms with E-state index in [-0.39, 0.29) is 5.78 Å². The minimum absolute atomic E-state index is 0.124. The molecule has 1 aliphatic rings.